The van der Waals surface area contributed by atoms with Crippen LogP contribution < -0.4 is 0 Å². The minimum Gasteiger partial charge on any atom is -0.337 e. The Morgan fingerprint density at radius 1 is 1.19 bits per heavy atom. The zero-order valence-corrected chi connectivity index (χ0v) is 14.3. The van der Waals surface area contributed by atoms with Crippen LogP contribution in [0, 0.1) is 0 Å². The van der Waals surface area contributed by atoms with E-state index in [2.05, 4.69) is 9.88 Å². The number of rotatable bonds is 2. The third-order valence-electron chi connectivity index (χ3n) is 5.09. The van der Waals surface area contributed by atoms with Crippen molar-refractivity contribution < 1.29 is 18.0 Å². The first-order chi connectivity index (χ1) is 12.3. The van der Waals surface area contributed by atoms with Gasteiger partial charge in [0.15, 0.2) is 0 Å². The molecule has 0 atom stereocenters. The fourth-order valence-corrected chi connectivity index (χ4v) is 3.78. The van der Waals surface area contributed by atoms with Gasteiger partial charge in [0.1, 0.15) is 0 Å². The quantitative estimate of drug-likeness (QED) is 0.824. The van der Waals surface area contributed by atoms with E-state index < -0.39 is 11.7 Å². The average molecular weight is 361 g/mol. The van der Waals surface area contributed by atoms with Crippen LogP contribution in [0.25, 0.3) is 0 Å². The maximum absolute atomic E-state index is 13.5. The lowest BCUT2D eigenvalue weighted by molar-refractivity contribution is -0.138. The zero-order chi connectivity index (χ0) is 18.5. The maximum atomic E-state index is 13.5. The highest BCUT2D eigenvalue weighted by Gasteiger charge is 2.39. The number of benzene rings is 1. The second-order valence-corrected chi connectivity index (χ2v) is 6.93. The molecule has 2 aliphatic heterocycles. The van der Waals surface area contributed by atoms with Crippen molar-refractivity contribution in [2.75, 3.05) is 13.6 Å². The number of carbonyl (C=O) groups is 1. The van der Waals surface area contributed by atoms with Crippen LogP contribution in [0.2, 0.25) is 0 Å². The molecule has 2 aromatic rings. The van der Waals surface area contributed by atoms with Crippen molar-refractivity contribution in [3.8, 4) is 0 Å². The van der Waals surface area contributed by atoms with Crippen molar-refractivity contribution in [2.45, 2.75) is 32.2 Å². The molecule has 3 heterocycles. The van der Waals surface area contributed by atoms with Gasteiger partial charge in [-0.1, -0.05) is 0 Å². The smallest absolute Gasteiger partial charge is 0.337 e. The summed E-state index contributed by atoms with van der Waals surface area (Å²) in [4.78, 5) is 19.8. The minimum atomic E-state index is -4.47. The van der Waals surface area contributed by atoms with Gasteiger partial charge in [-0.25, -0.2) is 0 Å². The molecule has 0 saturated carbocycles. The van der Waals surface area contributed by atoms with E-state index in [1.54, 1.807) is 12.3 Å². The van der Waals surface area contributed by atoms with Crippen molar-refractivity contribution in [3.63, 3.8) is 0 Å². The summed E-state index contributed by atoms with van der Waals surface area (Å²) in [5, 5.41) is 0. The van der Waals surface area contributed by atoms with Crippen LogP contribution in [-0.2, 0) is 32.2 Å². The van der Waals surface area contributed by atoms with E-state index in [1.807, 2.05) is 12.3 Å². The maximum Gasteiger partial charge on any atom is 0.416 e. The number of aromatic nitrogens is 1. The van der Waals surface area contributed by atoms with Gasteiger partial charge in [-0.3, -0.25) is 14.7 Å². The number of hydrogen-bond donors (Lipinski definition) is 0. The van der Waals surface area contributed by atoms with E-state index >= 15 is 0 Å². The van der Waals surface area contributed by atoms with E-state index in [0.717, 1.165) is 18.5 Å². The Morgan fingerprint density at radius 3 is 2.77 bits per heavy atom. The number of hydrogen-bond acceptors (Lipinski definition) is 3. The van der Waals surface area contributed by atoms with Crippen LogP contribution in [-0.4, -0.2) is 34.3 Å². The molecular formula is C19H18F3N3O. The Kier molecular flexibility index (Phi) is 3.99. The van der Waals surface area contributed by atoms with Crippen LogP contribution >= 0.6 is 0 Å². The van der Waals surface area contributed by atoms with Gasteiger partial charge < -0.3 is 4.90 Å². The van der Waals surface area contributed by atoms with E-state index in [-0.39, 0.29) is 23.6 Å². The lowest BCUT2D eigenvalue weighted by Gasteiger charge is -2.28. The molecule has 1 amide bonds. The molecule has 0 unspecified atom stereocenters. The molecule has 0 N–H and O–H groups in total. The number of halogens is 3. The van der Waals surface area contributed by atoms with Gasteiger partial charge in [0.25, 0.3) is 5.91 Å². The van der Waals surface area contributed by atoms with Gasteiger partial charge in [0.05, 0.1) is 5.56 Å². The van der Waals surface area contributed by atoms with Gasteiger partial charge in [0.2, 0.25) is 0 Å². The van der Waals surface area contributed by atoms with Gasteiger partial charge in [-0.2, -0.15) is 13.2 Å². The predicted octanol–water partition coefficient (Wildman–Crippen LogP) is 3.24. The molecule has 136 valence electrons. The summed E-state index contributed by atoms with van der Waals surface area (Å²) >= 11 is 0. The Morgan fingerprint density at radius 2 is 2.00 bits per heavy atom. The number of amides is 1. The normalized spacial score (nSPS) is 17.4. The Hall–Kier alpha value is -2.41. The lowest BCUT2D eigenvalue weighted by Crippen LogP contribution is -2.30. The van der Waals surface area contributed by atoms with Crippen molar-refractivity contribution in [2.24, 2.45) is 0 Å². The molecule has 0 spiro atoms. The number of fused-ring (bicyclic) bond motifs is 2. The average Bonchev–Trinajstić information content (AvgIpc) is 2.88. The van der Waals surface area contributed by atoms with Gasteiger partial charge in [0, 0.05) is 51.2 Å². The summed E-state index contributed by atoms with van der Waals surface area (Å²) in [6.07, 6.45) is -0.0695. The van der Waals surface area contributed by atoms with E-state index in [4.69, 9.17) is 0 Å². The summed E-state index contributed by atoms with van der Waals surface area (Å²) in [6.45, 7) is 1.82. The zero-order valence-electron chi connectivity index (χ0n) is 14.3. The van der Waals surface area contributed by atoms with Crippen LogP contribution in [0.5, 0.6) is 0 Å². The highest BCUT2D eigenvalue weighted by molar-refractivity contribution is 5.98. The van der Waals surface area contributed by atoms with Crippen LogP contribution in [0.15, 0.2) is 30.6 Å². The fraction of sp³-hybridized carbons (Fsp3) is 0.368. The number of alkyl halides is 3. The second-order valence-electron chi connectivity index (χ2n) is 6.93. The summed E-state index contributed by atoms with van der Waals surface area (Å²) < 4.78 is 40.5. The lowest BCUT2D eigenvalue weighted by atomic mass is 9.97. The minimum absolute atomic E-state index is 0.00732. The van der Waals surface area contributed by atoms with Crippen LogP contribution in [0.3, 0.4) is 0 Å². The van der Waals surface area contributed by atoms with Crippen molar-refractivity contribution in [1.29, 1.82) is 0 Å². The number of carbonyl (C=O) groups excluding carboxylic acids is 1. The topological polar surface area (TPSA) is 36.4 Å². The summed E-state index contributed by atoms with van der Waals surface area (Å²) in [6, 6.07) is 4.77. The molecule has 0 fully saturated rings. The number of nitrogens with zero attached hydrogens (tertiary/aromatic N) is 3. The van der Waals surface area contributed by atoms with Crippen LogP contribution in [0.4, 0.5) is 13.2 Å². The highest BCUT2D eigenvalue weighted by atomic mass is 19.4. The SMILES string of the molecule is CN1Cc2c(cc(CN3CCc4cnccc4C3)cc2C(F)(F)F)C1=O. The highest BCUT2D eigenvalue weighted by Crippen LogP contribution is 2.38. The molecule has 4 rings (SSSR count). The Bertz CT molecular complexity index is 879. The van der Waals surface area contributed by atoms with Crippen molar-refractivity contribution in [3.05, 3.63) is 64.0 Å². The van der Waals surface area contributed by atoms with Gasteiger partial charge in [-0.05, 0) is 46.9 Å². The fourth-order valence-electron chi connectivity index (χ4n) is 3.78. The molecule has 1 aromatic heterocycles. The second kappa shape index (κ2) is 6.09. The van der Waals surface area contributed by atoms with Crippen molar-refractivity contribution in [1.82, 2.24) is 14.8 Å². The third-order valence-corrected chi connectivity index (χ3v) is 5.09. The molecular weight excluding hydrogens is 343 g/mol. The molecule has 0 aliphatic carbocycles. The monoisotopic (exact) mass is 361 g/mol. The van der Waals surface area contributed by atoms with Crippen LogP contribution in [0.1, 0.15) is 38.2 Å². The van der Waals surface area contributed by atoms with E-state index in [9.17, 15) is 18.0 Å². The standard InChI is InChI=1S/C19H18F3N3O/c1-24-11-16-15(18(24)26)6-12(7-17(16)19(20,21)22)9-25-5-3-13-8-23-4-2-14(13)10-25/h2,4,6-8H,3,5,9-11H2,1H3. The first kappa shape index (κ1) is 17.0. The molecule has 0 bridgehead atoms. The van der Waals surface area contributed by atoms with E-state index in [0.29, 0.717) is 18.7 Å². The summed E-state index contributed by atoms with van der Waals surface area (Å²) in [5.74, 6) is -0.345. The Labute approximate surface area is 149 Å². The Balaban J connectivity index is 1.65. The largest absolute Gasteiger partial charge is 0.416 e. The first-order valence-electron chi connectivity index (χ1n) is 8.45. The third kappa shape index (κ3) is 2.96. The molecule has 2 aliphatic rings. The molecule has 4 nitrogen and oxygen atoms in total. The van der Waals surface area contributed by atoms with Gasteiger partial charge >= 0.3 is 6.18 Å². The molecule has 26 heavy (non-hydrogen) atoms. The summed E-state index contributed by atoms with van der Waals surface area (Å²) in [5.41, 5.74) is 2.44. The van der Waals surface area contributed by atoms with Gasteiger partial charge in [-0.15, -0.1) is 0 Å². The van der Waals surface area contributed by atoms with E-state index in [1.165, 1.54) is 23.6 Å². The molecule has 0 radical (unpaired) electrons. The predicted molar refractivity (Wildman–Crippen MR) is 89.3 cm³/mol. The molecule has 0 saturated heterocycles. The first-order valence-corrected chi connectivity index (χ1v) is 8.45. The molecule has 7 heteroatoms. The van der Waals surface area contributed by atoms with Crippen molar-refractivity contribution >= 4 is 5.91 Å². The number of pyridine rings is 1. The molecule has 1 aromatic carbocycles. The summed E-state index contributed by atoms with van der Waals surface area (Å²) in [7, 11) is 1.53.